The maximum Gasteiger partial charge on any atom is 0.134 e. The average molecular weight is 218 g/mol. The number of aromatic nitrogens is 2. The molecule has 0 amide bonds. The van der Waals surface area contributed by atoms with E-state index in [0.717, 1.165) is 11.3 Å². The quantitative estimate of drug-likeness (QED) is 0.791. The van der Waals surface area contributed by atoms with Gasteiger partial charge in [-0.05, 0) is 36.8 Å². The SMILES string of the molecule is CC(=O)Cc1cnn(-c2ccc(F)cc2)c1. The Morgan fingerprint density at radius 1 is 1.38 bits per heavy atom. The van der Waals surface area contributed by atoms with E-state index in [-0.39, 0.29) is 11.6 Å². The number of hydrogen-bond acceptors (Lipinski definition) is 2. The van der Waals surface area contributed by atoms with Gasteiger partial charge in [0.05, 0.1) is 11.9 Å². The van der Waals surface area contributed by atoms with Gasteiger partial charge >= 0.3 is 0 Å². The van der Waals surface area contributed by atoms with Gasteiger partial charge in [-0.3, -0.25) is 4.79 Å². The molecule has 0 bridgehead atoms. The topological polar surface area (TPSA) is 34.9 Å². The van der Waals surface area contributed by atoms with E-state index in [4.69, 9.17) is 0 Å². The molecule has 4 heteroatoms. The molecule has 0 fully saturated rings. The summed E-state index contributed by atoms with van der Waals surface area (Å²) in [6.45, 7) is 1.54. The van der Waals surface area contributed by atoms with Crippen LogP contribution in [-0.2, 0) is 11.2 Å². The maximum atomic E-state index is 12.7. The average Bonchev–Trinajstić information content (AvgIpc) is 2.66. The Morgan fingerprint density at radius 2 is 2.06 bits per heavy atom. The predicted molar refractivity (Wildman–Crippen MR) is 57.9 cm³/mol. The van der Waals surface area contributed by atoms with Gasteiger partial charge in [0, 0.05) is 12.6 Å². The van der Waals surface area contributed by atoms with E-state index in [2.05, 4.69) is 5.10 Å². The van der Waals surface area contributed by atoms with Crippen LogP contribution in [0.25, 0.3) is 5.69 Å². The number of benzene rings is 1. The standard InChI is InChI=1S/C12H11FN2O/c1-9(16)6-10-7-14-15(8-10)12-4-2-11(13)3-5-12/h2-5,7-8H,6H2,1H3. The van der Waals surface area contributed by atoms with Gasteiger partial charge in [-0.15, -0.1) is 0 Å². The minimum absolute atomic E-state index is 0.0960. The predicted octanol–water partition coefficient (Wildman–Crippen LogP) is 2.14. The van der Waals surface area contributed by atoms with E-state index >= 15 is 0 Å². The molecule has 0 spiro atoms. The molecule has 3 nitrogen and oxygen atoms in total. The molecule has 0 saturated carbocycles. The van der Waals surface area contributed by atoms with E-state index < -0.39 is 0 Å². The van der Waals surface area contributed by atoms with Crippen molar-refractivity contribution in [2.75, 3.05) is 0 Å². The first-order valence-corrected chi connectivity index (χ1v) is 4.94. The van der Waals surface area contributed by atoms with Crippen LogP contribution in [0.3, 0.4) is 0 Å². The summed E-state index contributed by atoms with van der Waals surface area (Å²) in [5, 5.41) is 4.11. The third kappa shape index (κ3) is 2.34. The molecule has 0 aliphatic carbocycles. The minimum Gasteiger partial charge on any atom is -0.300 e. The van der Waals surface area contributed by atoms with Crippen molar-refractivity contribution in [1.82, 2.24) is 9.78 Å². The second-order valence-electron chi connectivity index (χ2n) is 3.65. The Labute approximate surface area is 92.5 Å². The molecule has 2 rings (SSSR count). The van der Waals surface area contributed by atoms with Crippen LogP contribution in [0.4, 0.5) is 4.39 Å². The molecule has 1 aromatic heterocycles. The maximum absolute atomic E-state index is 12.7. The van der Waals surface area contributed by atoms with Crippen LogP contribution in [0.1, 0.15) is 12.5 Å². The third-order valence-corrected chi connectivity index (χ3v) is 2.18. The highest BCUT2D eigenvalue weighted by atomic mass is 19.1. The Bertz CT molecular complexity index is 502. The fraction of sp³-hybridized carbons (Fsp3) is 0.167. The van der Waals surface area contributed by atoms with E-state index in [9.17, 15) is 9.18 Å². The molecule has 1 aromatic carbocycles. The van der Waals surface area contributed by atoms with Crippen molar-refractivity contribution in [2.45, 2.75) is 13.3 Å². The lowest BCUT2D eigenvalue weighted by Crippen LogP contribution is -1.95. The number of nitrogens with zero attached hydrogens (tertiary/aromatic N) is 2. The zero-order valence-electron chi connectivity index (χ0n) is 8.85. The van der Waals surface area contributed by atoms with Crippen molar-refractivity contribution < 1.29 is 9.18 Å². The number of carbonyl (C=O) groups excluding carboxylic acids is 1. The lowest BCUT2D eigenvalue weighted by Gasteiger charge is -1.99. The Hall–Kier alpha value is -1.97. The summed E-state index contributed by atoms with van der Waals surface area (Å²) < 4.78 is 14.3. The van der Waals surface area contributed by atoms with Crippen LogP contribution in [0.5, 0.6) is 0 Å². The number of hydrogen-bond donors (Lipinski definition) is 0. The molecule has 0 radical (unpaired) electrons. The highest BCUT2D eigenvalue weighted by molar-refractivity contribution is 5.77. The third-order valence-electron chi connectivity index (χ3n) is 2.18. The lowest BCUT2D eigenvalue weighted by molar-refractivity contribution is -0.116. The largest absolute Gasteiger partial charge is 0.300 e. The van der Waals surface area contributed by atoms with Crippen LogP contribution in [0.15, 0.2) is 36.7 Å². The van der Waals surface area contributed by atoms with Crippen molar-refractivity contribution in [3.05, 3.63) is 48.0 Å². The zero-order valence-corrected chi connectivity index (χ0v) is 8.85. The van der Waals surface area contributed by atoms with Gasteiger partial charge in [-0.1, -0.05) is 0 Å². The summed E-state index contributed by atoms with van der Waals surface area (Å²) in [5.74, 6) is -0.182. The number of Topliss-reactive ketones (excluding diaryl/α,β-unsaturated/α-hetero) is 1. The number of halogens is 1. The lowest BCUT2D eigenvalue weighted by atomic mass is 10.2. The van der Waals surface area contributed by atoms with E-state index in [1.807, 2.05) is 0 Å². The first kappa shape index (κ1) is 10.5. The molecule has 2 aromatic rings. The normalized spacial score (nSPS) is 10.4. The Kier molecular flexibility index (Phi) is 2.81. The number of ketones is 1. The van der Waals surface area contributed by atoms with Crippen molar-refractivity contribution in [3.63, 3.8) is 0 Å². The molecule has 0 saturated heterocycles. The van der Waals surface area contributed by atoms with Gasteiger partial charge in [0.2, 0.25) is 0 Å². The van der Waals surface area contributed by atoms with Gasteiger partial charge in [0.15, 0.2) is 0 Å². The summed E-state index contributed by atoms with van der Waals surface area (Å²) in [4.78, 5) is 10.9. The summed E-state index contributed by atoms with van der Waals surface area (Å²) in [5.41, 5.74) is 1.63. The zero-order chi connectivity index (χ0) is 11.5. The molecule has 0 unspecified atom stereocenters. The molecule has 82 valence electrons. The summed E-state index contributed by atoms with van der Waals surface area (Å²) in [6.07, 6.45) is 3.79. The molecule has 16 heavy (non-hydrogen) atoms. The Morgan fingerprint density at radius 3 is 2.69 bits per heavy atom. The van der Waals surface area contributed by atoms with Gasteiger partial charge in [-0.2, -0.15) is 5.10 Å². The first-order chi connectivity index (χ1) is 7.65. The van der Waals surface area contributed by atoms with Crippen molar-refractivity contribution in [2.24, 2.45) is 0 Å². The van der Waals surface area contributed by atoms with Crippen molar-refractivity contribution >= 4 is 5.78 Å². The van der Waals surface area contributed by atoms with Gasteiger partial charge < -0.3 is 0 Å². The second-order valence-corrected chi connectivity index (χ2v) is 3.65. The van der Waals surface area contributed by atoms with E-state index in [1.165, 1.54) is 19.1 Å². The van der Waals surface area contributed by atoms with Crippen molar-refractivity contribution in [3.8, 4) is 5.69 Å². The summed E-state index contributed by atoms with van der Waals surface area (Å²) in [6, 6.07) is 6.03. The van der Waals surface area contributed by atoms with E-state index in [1.54, 1.807) is 29.2 Å². The fourth-order valence-electron chi connectivity index (χ4n) is 1.47. The molecule has 1 heterocycles. The van der Waals surface area contributed by atoms with Gasteiger partial charge in [0.1, 0.15) is 11.6 Å². The monoisotopic (exact) mass is 218 g/mol. The van der Waals surface area contributed by atoms with Crippen LogP contribution in [-0.4, -0.2) is 15.6 Å². The minimum atomic E-state index is -0.278. The van der Waals surface area contributed by atoms with Crippen LogP contribution >= 0.6 is 0 Å². The number of carbonyl (C=O) groups is 1. The Balaban J connectivity index is 2.24. The molecule has 0 aliphatic rings. The van der Waals surface area contributed by atoms with E-state index in [0.29, 0.717) is 6.42 Å². The van der Waals surface area contributed by atoms with Crippen LogP contribution < -0.4 is 0 Å². The molecule has 0 atom stereocenters. The van der Waals surface area contributed by atoms with Crippen molar-refractivity contribution in [1.29, 1.82) is 0 Å². The molecule has 0 N–H and O–H groups in total. The van der Waals surface area contributed by atoms with Crippen LogP contribution in [0, 0.1) is 5.82 Å². The van der Waals surface area contributed by atoms with Gasteiger partial charge in [0.25, 0.3) is 0 Å². The molecule has 0 aliphatic heterocycles. The number of rotatable bonds is 3. The summed E-state index contributed by atoms with van der Waals surface area (Å²) in [7, 11) is 0. The smallest absolute Gasteiger partial charge is 0.134 e. The highest BCUT2D eigenvalue weighted by Crippen LogP contribution is 2.09. The molecular weight excluding hydrogens is 207 g/mol. The summed E-state index contributed by atoms with van der Waals surface area (Å²) >= 11 is 0. The van der Waals surface area contributed by atoms with Crippen LogP contribution in [0.2, 0.25) is 0 Å². The van der Waals surface area contributed by atoms with Gasteiger partial charge in [-0.25, -0.2) is 9.07 Å². The fourth-order valence-corrected chi connectivity index (χ4v) is 1.47. The highest BCUT2D eigenvalue weighted by Gasteiger charge is 2.03. The second kappa shape index (κ2) is 4.26. The first-order valence-electron chi connectivity index (χ1n) is 4.94. The molecular formula is C12H11FN2O.